The molecule has 16 heavy (non-hydrogen) atoms. The van der Waals surface area contributed by atoms with Gasteiger partial charge < -0.3 is 4.74 Å². The van der Waals surface area contributed by atoms with Gasteiger partial charge in [-0.1, -0.05) is 18.1 Å². The fourth-order valence-electron chi connectivity index (χ4n) is 2.27. The van der Waals surface area contributed by atoms with Gasteiger partial charge in [0.15, 0.2) is 0 Å². The molecule has 0 saturated heterocycles. The molecule has 1 aliphatic rings. The lowest BCUT2D eigenvalue weighted by atomic mass is 9.98. The van der Waals surface area contributed by atoms with Crippen molar-refractivity contribution in [3.8, 4) is 0 Å². The molecular formula is C13H26N2O. The largest absolute Gasteiger partial charge is 0.382 e. The number of nitrogens with two attached hydrogens (primary N) is 1. The lowest BCUT2D eigenvalue weighted by Gasteiger charge is -2.19. The summed E-state index contributed by atoms with van der Waals surface area (Å²) in [6, 6.07) is 0.360. The molecule has 0 spiro atoms. The Morgan fingerprint density at radius 3 is 3.06 bits per heavy atom. The Balaban J connectivity index is 2.30. The van der Waals surface area contributed by atoms with Crippen LogP contribution in [-0.4, -0.2) is 19.3 Å². The number of hydrogen-bond donors (Lipinski definition) is 2. The maximum Gasteiger partial charge on any atom is 0.0466 e. The van der Waals surface area contributed by atoms with E-state index in [0.717, 1.165) is 26.1 Å². The average molecular weight is 226 g/mol. The highest BCUT2D eigenvalue weighted by Gasteiger charge is 2.13. The van der Waals surface area contributed by atoms with Crippen LogP contribution in [0.15, 0.2) is 11.6 Å². The molecule has 0 saturated carbocycles. The lowest BCUT2D eigenvalue weighted by molar-refractivity contribution is 0.141. The van der Waals surface area contributed by atoms with E-state index in [0.29, 0.717) is 6.04 Å². The fourth-order valence-corrected chi connectivity index (χ4v) is 2.27. The number of nitrogens with one attached hydrogen (secondary N) is 1. The topological polar surface area (TPSA) is 47.3 Å². The lowest BCUT2D eigenvalue weighted by Crippen LogP contribution is -2.36. The number of allylic oxidation sites excluding steroid dienone is 1. The van der Waals surface area contributed by atoms with E-state index in [2.05, 4.69) is 11.5 Å². The van der Waals surface area contributed by atoms with E-state index >= 15 is 0 Å². The smallest absolute Gasteiger partial charge is 0.0466 e. The van der Waals surface area contributed by atoms with Crippen molar-refractivity contribution < 1.29 is 4.74 Å². The van der Waals surface area contributed by atoms with E-state index in [9.17, 15) is 0 Å². The second-order valence-electron chi connectivity index (χ2n) is 4.44. The molecular weight excluding hydrogens is 200 g/mol. The average Bonchev–Trinajstić information content (AvgIpc) is 2.58. The van der Waals surface area contributed by atoms with Gasteiger partial charge >= 0.3 is 0 Å². The van der Waals surface area contributed by atoms with Gasteiger partial charge in [-0.25, -0.2) is 0 Å². The normalized spacial score (nSPS) is 19.0. The Kier molecular flexibility index (Phi) is 7.47. The van der Waals surface area contributed by atoms with Crippen LogP contribution in [0.1, 0.15) is 51.9 Å². The quantitative estimate of drug-likeness (QED) is 0.303. The maximum atomic E-state index is 5.64. The minimum Gasteiger partial charge on any atom is -0.382 e. The Morgan fingerprint density at radius 2 is 2.31 bits per heavy atom. The van der Waals surface area contributed by atoms with Gasteiger partial charge in [-0.3, -0.25) is 11.3 Å². The van der Waals surface area contributed by atoms with Crippen LogP contribution in [0.2, 0.25) is 0 Å². The molecule has 3 heteroatoms. The van der Waals surface area contributed by atoms with Crippen LogP contribution >= 0.6 is 0 Å². The van der Waals surface area contributed by atoms with Crippen LogP contribution in [0.25, 0.3) is 0 Å². The fraction of sp³-hybridized carbons (Fsp3) is 0.846. The molecule has 0 heterocycles. The minimum absolute atomic E-state index is 0.360. The van der Waals surface area contributed by atoms with Gasteiger partial charge in [0.05, 0.1) is 0 Å². The first kappa shape index (κ1) is 13.7. The zero-order chi connectivity index (χ0) is 11.6. The van der Waals surface area contributed by atoms with Crippen molar-refractivity contribution >= 4 is 0 Å². The summed E-state index contributed by atoms with van der Waals surface area (Å²) in [7, 11) is 0. The first-order valence-corrected chi connectivity index (χ1v) is 6.61. The van der Waals surface area contributed by atoms with Crippen LogP contribution < -0.4 is 11.3 Å². The molecule has 0 aromatic carbocycles. The van der Waals surface area contributed by atoms with Crippen molar-refractivity contribution in [1.82, 2.24) is 5.43 Å². The molecule has 1 atom stereocenters. The molecule has 0 radical (unpaired) electrons. The summed E-state index contributed by atoms with van der Waals surface area (Å²) in [4.78, 5) is 0. The van der Waals surface area contributed by atoms with E-state index in [4.69, 9.17) is 10.6 Å². The summed E-state index contributed by atoms with van der Waals surface area (Å²) in [5.41, 5.74) is 4.46. The summed E-state index contributed by atoms with van der Waals surface area (Å²) >= 11 is 0. The molecule has 1 aliphatic carbocycles. The highest BCUT2D eigenvalue weighted by atomic mass is 16.5. The number of hydrazine groups is 1. The van der Waals surface area contributed by atoms with Gasteiger partial charge in [0.1, 0.15) is 0 Å². The minimum atomic E-state index is 0.360. The Labute approximate surface area is 99.4 Å². The van der Waals surface area contributed by atoms with Gasteiger partial charge in [-0.05, 0) is 45.4 Å². The van der Waals surface area contributed by atoms with Crippen LogP contribution in [0, 0.1) is 0 Å². The van der Waals surface area contributed by atoms with Crippen molar-refractivity contribution in [2.45, 2.75) is 57.9 Å². The van der Waals surface area contributed by atoms with E-state index in [-0.39, 0.29) is 0 Å². The number of rotatable bonds is 7. The van der Waals surface area contributed by atoms with Crippen LogP contribution in [0.4, 0.5) is 0 Å². The van der Waals surface area contributed by atoms with E-state index in [1.54, 1.807) is 0 Å². The molecule has 0 amide bonds. The molecule has 1 rings (SSSR count). The molecule has 3 N–H and O–H groups in total. The van der Waals surface area contributed by atoms with Gasteiger partial charge in [-0.15, -0.1) is 0 Å². The summed E-state index contributed by atoms with van der Waals surface area (Å²) < 4.78 is 5.35. The SMILES string of the molecule is CCOCCCC(NN)C1=CCCCCC1. The van der Waals surface area contributed by atoms with Gasteiger partial charge in [0.2, 0.25) is 0 Å². The van der Waals surface area contributed by atoms with Crippen molar-refractivity contribution in [2.24, 2.45) is 5.84 Å². The number of hydrogen-bond acceptors (Lipinski definition) is 3. The molecule has 0 aliphatic heterocycles. The molecule has 0 bridgehead atoms. The zero-order valence-corrected chi connectivity index (χ0v) is 10.5. The summed E-state index contributed by atoms with van der Waals surface area (Å²) in [6.07, 6.45) is 11.0. The molecule has 0 aromatic rings. The first-order chi connectivity index (χ1) is 7.88. The predicted molar refractivity (Wildman–Crippen MR) is 68.0 cm³/mol. The van der Waals surface area contributed by atoms with Crippen molar-refractivity contribution in [1.29, 1.82) is 0 Å². The van der Waals surface area contributed by atoms with Crippen LogP contribution in [-0.2, 0) is 4.74 Å². The Morgan fingerprint density at radius 1 is 1.44 bits per heavy atom. The molecule has 1 unspecified atom stereocenters. The van der Waals surface area contributed by atoms with Crippen LogP contribution in [0.3, 0.4) is 0 Å². The standard InChI is InChI=1S/C13H26N2O/c1-2-16-11-7-10-13(15-14)12-8-5-3-4-6-9-12/h8,13,15H,2-7,9-11,14H2,1H3. The second kappa shape index (κ2) is 8.74. The number of ether oxygens (including phenoxy) is 1. The van der Waals surface area contributed by atoms with Crippen molar-refractivity contribution in [3.05, 3.63) is 11.6 Å². The third-order valence-corrected chi connectivity index (χ3v) is 3.21. The van der Waals surface area contributed by atoms with Crippen molar-refractivity contribution in [2.75, 3.05) is 13.2 Å². The third-order valence-electron chi connectivity index (χ3n) is 3.21. The van der Waals surface area contributed by atoms with Gasteiger partial charge in [0, 0.05) is 19.3 Å². The highest BCUT2D eigenvalue weighted by molar-refractivity contribution is 5.11. The van der Waals surface area contributed by atoms with E-state index in [1.165, 1.54) is 37.7 Å². The molecule has 3 nitrogen and oxygen atoms in total. The van der Waals surface area contributed by atoms with Gasteiger partial charge in [0.25, 0.3) is 0 Å². The zero-order valence-electron chi connectivity index (χ0n) is 10.5. The monoisotopic (exact) mass is 226 g/mol. The third kappa shape index (κ3) is 5.10. The predicted octanol–water partition coefficient (Wildman–Crippen LogP) is 2.53. The highest BCUT2D eigenvalue weighted by Crippen LogP contribution is 2.21. The maximum absolute atomic E-state index is 5.64. The molecule has 0 aromatic heterocycles. The van der Waals surface area contributed by atoms with E-state index < -0.39 is 0 Å². The van der Waals surface area contributed by atoms with E-state index in [1.807, 2.05) is 6.92 Å². The summed E-state index contributed by atoms with van der Waals surface area (Å²) in [5.74, 6) is 5.64. The molecule has 0 fully saturated rings. The van der Waals surface area contributed by atoms with Crippen LogP contribution in [0.5, 0.6) is 0 Å². The Hall–Kier alpha value is -0.380. The second-order valence-corrected chi connectivity index (χ2v) is 4.44. The van der Waals surface area contributed by atoms with Gasteiger partial charge in [-0.2, -0.15) is 0 Å². The summed E-state index contributed by atoms with van der Waals surface area (Å²) in [5, 5.41) is 0. The first-order valence-electron chi connectivity index (χ1n) is 6.61. The van der Waals surface area contributed by atoms with Crippen molar-refractivity contribution in [3.63, 3.8) is 0 Å². The summed E-state index contributed by atoms with van der Waals surface area (Å²) in [6.45, 7) is 3.69. The Bertz CT molecular complexity index is 204. The molecule has 94 valence electrons.